The molecule has 2 amide bonds. The molecule has 0 heterocycles. The van der Waals surface area contributed by atoms with E-state index in [1.807, 2.05) is 0 Å². The fourth-order valence-corrected chi connectivity index (χ4v) is 0.852. The third kappa shape index (κ3) is 5.50. The number of amides is 2. The second-order valence-corrected chi connectivity index (χ2v) is 2.73. The van der Waals surface area contributed by atoms with E-state index in [-0.39, 0.29) is 12.8 Å². The lowest BCUT2D eigenvalue weighted by Gasteiger charge is -2.13. The quantitative estimate of drug-likeness (QED) is 0.530. The SMILES string of the molecule is CNC(=O)N[C@@H](CCC(=O)OC)C(=O)O. The first kappa shape index (κ1) is 13.2. The first-order valence-corrected chi connectivity index (χ1v) is 4.29. The summed E-state index contributed by atoms with van der Waals surface area (Å²) in [6.45, 7) is 0. The van der Waals surface area contributed by atoms with Crippen LogP contribution in [-0.4, -0.2) is 43.3 Å². The lowest BCUT2D eigenvalue weighted by molar-refractivity contribution is -0.142. The molecule has 15 heavy (non-hydrogen) atoms. The van der Waals surface area contributed by atoms with Crippen LogP contribution in [0.15, 0.2) is 0 Å². The third-order valence-corrected chi connectivity index (χ3v) is 1.70. The average Bonchev–Trinajstić information content (AvgIpc) is 2.22. The number of rotatable bonds is 5. The third-order valence-electron chi connectivity index (χ3n) is 1.70. The molecule has 0 bridgehead atoms. The number of nitrogens with one attached hydrogen (secondary N) is 2. The van der Waals surface area contributed by atoms with Crippen molar-refractivity contribution >= 4 is 18.0 Å². The number of hydrogen-bond donors (Lipinski definition) is 3. The van der Waals surface area contributed by atoms with Crippen molar-refractivity contribution in [1.29, 1.82) is 0 Å². The van der Waals surface area contributed by atoms with Crippen LogP contribution in [0.3, 0.4) is 0 Å². The maximum atomic E-state index is 10.8. The number of carboxylic acids is 1. The number of carboxylic acid groups (broad SMARTS) is 1. The van der Waals surface area contributed by atoms with Gasteiger partial charge in [-0.15, -0.1) is 0 Å². The Morgan fingerprint density at radius 2 is 2.00 bits per heavy atom. The van der Waals surface area contributed by atoms with Gasteiger partial charge in [-0.3, -0.25) is 4.79 Å². The van der Waals surface area contributed by atoms with Gasteiger partial charge in [0.25, 0.3) is 0 Å². The second-order valence-electron chi connectivity index (χ2n) is 2.73. The van der Waals surface area contributed by atoms with Gasteiger partial charge in [0.1, 0.15) is 6.04 Å². The minimum absolute atomic E-state index is 0.00454. The molecule has 0 aliphatic heterocycles. The number of ether oxygens (including phenoxy) is 1. The Morgan fingerprint density at radius 3 is 2.40 bits per heavy atom. The monoisotopic (exact) mass is 218 g/mol. The number of methoxy groups -OCH3 is 1. The van der Waals surface area contributed by atoms with Crippen molar-refractivity contribution in [3.05, 3.63) is 0 Å². The van der Waals surface area contributed by atoms with Crippen LogP contribution in [0.5, 0.6) is 0 Å². The smallest absolute Gasteiger partial charge is 0.326 e. The number of carbonyl (C=O) groups is 3. The molecule has 0 saturated heterocycles. The maximum Gasteiger partial charge on any atom is 0.326 e. The Kier molecular flexibility index (Phi) is 5.84. The zero-order chi connectivity index (χ0) is 11.8. The van der Waals surface area contributed by atoms with Gasteiger partial charge < -0.3 is 20.5 Å². The molecular formula is C8H14N2O5. The number of hydrogen-bond acceptors (Lipinski definition) is 4. The Bertz CT molecular complexity index is 253. The molecule has 3 N–H and O–H groups in total. The minimum Gasteiger partial charge on any atom is -0.480 e. The fourth-order valence-electron chi connectivity index (χ4n) is 0.852. The summed E-state index contributed by atoms with van der Waals surface area (Å²) in [6, 6.07) is -1.70. The molecular weight excluding hydrogens is 204 g/mol. The number of carbonyl (C=O) groups excluding carboxylic acids is 2. The predicted molar refractivity (Wildman–Crippen MR) is 50.3 cm³/mol. The van der Waals surface area contributed by atoms with Crippen LogP contribution in [0.2, 0.25) is 0 Å². The highest BCUT2D eigenvalue weighted by atomic mass is 16.5. The predicted octanol–water partition coefficient (Wildman–Crippen LogP) is -0.678. The van der Waals surface area contributed by atoms with Crippen LogP contribution in [0.1, 0.15) is 12.8 Å². The van der Waals surface area contributed by atoms with Crippen LogP contribution >= 0.6 is 0 Å². The summed E-state index contributed by atoms with van der Waals surface area (Å²) in [5, 5.41) is 13.1. The Morgan fingerprint density at radius 1 is 1.40 bits per heavy atom. The molecule has 1 atom stereocenters. The van der Waals surface area contributed by atoms with Crippen molar-refractivity contribution in [2.75, 3.05) is 14.2 Å². The number of aliphatic carboxylic acids is 1. The highest BCUT2D eigenvalue weighted by Crippen LogP contribution is 1.99. The molecule has 7 nitrogen and oxygen atoms in total. The van der Waals surface area contributed by atoms with Crippen molar-refractivity contribution < 1.29 is 24.2 Å². The molecule has 0 fully saturated rings. The summed E-state index contributed by atoms with van der Waals surface area (Å²) < 4.78 is 4.35. The Hall–Kier alpha value is -1.79. The molecule has 0 aromatic heterocycles. The molecule has 0 aliphatic rings. The van der Waals surface area contributed by atoms with E-state index in [1.54, 1.807) is 0 Å². The normalized spacial score (nSPS) is 11.3. The van der Waals surface area contributed by atoms with Gasteiger partial charge in [-0.2, -0.15) is 0 Å². The Labute approximate surface area is 86.8 Å². The van der Waals surface area contributed by atoms with Crippen molar-refractivity contribution in [2.45, 2.75) is 18.9 Å². The largest absolute Gasteiger partial charge is 0.480 e. The van der Waals surface area contributed by atoms with E-state index < -0.39 is 24.0 Å². The van der Waals surface area contributed by atoms with Gasteiger partial charge in [0, 0.05) is 13.5 Å². The zero-order valence-corrected chi connectivity index (χ0v) is 8.57. The summed E-state index contributed by atoms with van der Waals surface area (Å²) in [6.07, 6.45) is -0.0626. The van der Waals surface area contributed by atoms with E-state index >= 15 is 0 Å². The van der Waals surface area contributed by atoms with E-state index in [0.717, 1.165) is 0 Å². The van der Waals surface area contributed by atoms with Gasteiger partial charge in [-0.1, -0.05) is 0 Å². The van der Waals surface area contributed by atoms with Crippen LogP contribution < -0.4 is 10.6 Å². The molecule has 0 spiro atoms. The van der Waals surface area contributed by atoms with E-state index in [9.17, 15) is 14.4 Å². The molecule has 0 rings (SSSR count). The van der Waals surface area contributed by atoms with Gasteiger partial charge in [0.15, 0.2) is 0 Å². The van der Waals surface area contributed by atoms with Crippen molar-refractivity contribution in [1.82, 2.24) is 10.6 Å². The van der Waals surface area contributed by atoms with E-state index in [0.29, 0.717) is 0 Å². The van der Waals surface area contributed by atoms with Gasteiger partial charge in [-0.25, -0.2) is 9.59 Å². The summed E-state index contributed by atoms with van der Waals surface area (Å²) in [5.74, 6) is -1.71. The minimum atomic E-state index is -1.19. The highest BCUT2D eigenvalue weighted by Gasteiger charge is 2.20. The summed E-state index contributed by atoms with van der Waals surface area (Å²) >= 11 is 0. The van der Waals surface area contributed by atoms with Crippen molar-refractivity contribution in [2.24, 2.45) is 0 Å². The zero-order valence-electron chi connectivity index (χ0n) is 8.57. The molecule has 7 heteroatoms. The maximum absolute atomic E-state index is 10.8. The van der Waals surface area contributed by atoms with E-state index in [2.05, 4.69) is 15.4 Å². The topological polar surface area (TPSA) is 105 Å². The van der Waals surface area contributed by atoms with Gasteiger partial charge in [0.05, 0.1) is 7.11 Å². The molecule has 0 unspecified atom stereocenters. The van der Waals surface area contributed by atoms with Crippen LogP contribution in [-0.2, 0) is 14.3 Å². The van der Waals surface area contributed by atoms with Crippen LogP contribution in [0.25, 0.3) is 0 Å². The van der Waals surface area contributed by atoms with Gasteiger partial charge in [-0.05, 0) is 6.42 Å². The molecule has 0 radical (unpaired) electrons. The first-order chi connectivity index (χ1) is 7.01. The molecule has 0 aromatic carbocycles. The second kappa shape index (κ2) is 6.63. The summed E-state index contributed by atoms with van der Waals surface area (Å²) in [4.78, 5) is 32.2. The van der Waals surface area contributed by atoms with Gasteiger partial charge >= 0.3 is 18.0 Å². The van der Waals surface area contributed by atoms with Gasteiger partial charge in [0.2, 0.25) is 0 Å². The standard InChI is InChI=1S/C8H14N2O5/c1-9-8(14)10-5(7(12)13)3-4-6(11)15-2/h5H,3-4H2,1-2H3,(H,12,13)(H2,9,10,14)/t5-/m0/s1. The number of urea groups is 1. The fraction of sp³-hybridized carbons (Fsp3) is 0.625. The summed E-state index contributed by atoms with van der Waals surface area (Å²) in [7, 11) is 2.58. The molecule has 0 saturated carbocycles. The van der Waals surface area contributed by atoms with E-state index in [1.165, 1.54) is 14.2 Å². The highest BCUT2D eigenvalue weighted by molar-refractivity contribution is 5.82. The number of esters is 1. The Balaban J connectivity index is 4.11. The first-order valence-electron chi connectivity index (χ1n) is 4.29. The molecule has 0 aliphatic carbocycles. The lowest BCUT2D eigenvalue weighted by atomic mass is 10.1. The van der Waals surface area contributed by atoms with Crippen LogP contribution in [0.4, 0.5) is 4.79 Å². The van der Waals surface area contributed by atoms with E-state index in [4.69, 9.17) is 5.11 Å². The van der Waals surface area contributed by atoms with Crippen LogP contribution in [0, 0.1) is 0 Å². The molecule has 86 valence electrons. The average molecular weight is 218 g/mol. The lowest BCUT2D eigenvalue weighted by Crippen LogP contribution is -2.45. The van der Waals surface area contributed by atoms with Crippen molar-refractivity contribution in [3.8, 4) is 0 Å². The van der Waals surface area contributed by atoms with Crippen molar-refractivity contribution in [3.63, 3.8) is 0 Å². The summed E-state index contributed by atoms with van der Waals surface area (Å²) in [5.41, 5.74) is 0. The molecule has 0 aromatic rings.